The van der Waals surface area contributed by atoms with Gasteiger partial charge in [-0.25, -0.2) is 0 Å². The number of carbonyl (C=O) groups is 4. The predicted octanol–water partition coefficient (Wildman–Crippen LogP) is -1.69. The highest BCUT2D eigenvalue weighted by atomic mass is 16.3. The summed E-state index contributed by atoms with van der Waals surface area (Å²) >= 11 is 0. The lowest BCUT2D eigenvalue weighted by Crippen LogP contribution is -2.52. The van der Waals surface area contributed by atoms with Gasteiger partial charge in [-0.1, -0.05) is 0 Å². The fourth-order valence-electron chi connectivity index (χ4n) is 2.31. The molecule has 3 amide bonds. The molecule has 0 radical (unpaired) electrons. The van der Waals surface area contributed by atoms with Gasteiger partial charge in [0.05, 0.1) is 6.10 Å². The van der Waals surface area contributed by atoms with Crippen LogP contribution in [0.4, 0.5) is 0 Å². The normalized spacial score (nSPS) is 22.7. The number of nitrogens with zero attached hydrogens (tertiary/aromatic N) is 1. The molecule has 21 heavy (non-hydrogen) atoms. The van der Waals surface area contributed by atoms with Crippen LogP contribution in [0.25, 0.3) is 0 Å². The van der Waals surface area contributed by atoms with Crippen molar-refractivity contribution in [1.82, 2.24) is 10.2 Å². The van der Waals surface area contributed by atoms with Gasteiger partial charge in [0.15, 0.2) is 0 Å². The maximum Gasteiger partial charge on any atom is 0.243 e. The van der Waals surface area contributed by atoms with E-state index < -0.39 is 30.0 Å². The third-order valence-electron chi connectivity index (χ3n) is 3.43. The lowest BCUT2D eigenvalue weighted by Gasteiger charge is -2.24. The highest BCUT2D eigenvalue weighted by Crippen LogP contribution is 2.18. The number of amides is 3. The molecule has 118 valence electrons. The Balaban J connectivity index is 2.70. The van der Waals surface area contributed by atoms with E-state index in [1.54, 1.807) is 0 Å². The summed E-state index contributed by atoms with van der Waals surface area (Å²) in [5, 5.41) is 12.0. The molecule has 8 heteroatoms. The van der Waals surface area contributed by atoms with Crippen LogP contribution in [0.5, 0.6) is 0 Å². The number of nitrogens with two attached hydrogens (primary N) is 1. The topological polar surface area (TPSA) is 130 Å². The van der Waals surface area contributed by atoms with Gasteiger partial charge >= 0.3 is 0 Å². The van der Waals surface area contributed by atoms with E-state index in [0.717, 1.165) is 0 Å². The molecule has 1 heterocycles. The summed E-state index contributed by atoms with van der Waals surface area (Å²) in [4.78, 5) is 47.1. The number of Topliss-reactive ketones (excluding diaryl/α,β-unsaturated/α-hetero) is 1. The summed E-state index contributed by atoms with van der Waals surface area (Å²) in [7, 11) is 0. The van der Waals surface area contributed by atoms with Crippen molar-refractivity contribution < 1.29 is 24.3 Å². The van der Waals surface area contributed by atoms with Gasteiger partial charge in [0.2, 0.25) is 17.7 Å². The maximum absolute atomic E-state index is 12.2. The molecule has 0 unspecified atom stereocenters. The molecule has 1 saturated heterocycles. The number of nitrogens with one attached hydrogen (secondary N) is 1. The SMILES string of the molecule is CC(=O)CC[C@@H](NC(=O)[C@@H]1C[C@@H](O)CN1C(C)=O)C(N)=O. The smallest absolute Gasteiger partial charge is 0.243 e. The van der Waals surface area contributed by atoms with E-state index in [2.05, 4.69) is 5.32 Å². The summed E-state index contributed by atoms with van der Waals surface area (Å²) in [5.41, 5.74) is 5.20. The Labute approximate surface area is 122 Å². The Kier molecular flexibility index (Phi) is 5.83. The number of ketones is 1. The standard InChI is InChI=1S/C13H21N3O5/c1-7(17)3-4-10(12(14)20)15-13(21)11-5-9(19)6-16(11)8(2)18/h9-11,19H,3-6H2,1-2H3,(H2,14,20)(H,15,21)/t9-,10-,11+/m1/s1. The molecular weight excluding hydrogens is 278 g/mol. The van der Waals surface area contributed by atoms with Crippen molar-refractivity contribution in [2.24, 2.45) is 5.73 Å². The zero-order valence-corrected chi connectivity index (χ0v) is 12.2. The molecule has 4 N–H and O–H groups in total. The molecule has 1 aliphatic heterocycles. The molecule has 0 saturated carbocycles. The van der Waals surface area contributed by atoms with Crippen LogP contribution in [0.3, 0.4) is 0 Å². The van der Waals surface area contributed by atoms with Crippen LogP contribution in [-0.2, 0) is 19.2 Å². The molecule has 0 aliphatic carbocycles. The highest BCUT2D eigenvalue weighted by Gasteiger charge is 2.38. The van der Waals surface area contributed by atoms with Crippen molar-refractivity contribution in [2.45, 2.75) is 51.3 Å². The van der Waals surface area contributed by atoms with E-state index in [1.165, 1.54) is 18.7 Å². The summed E-state index contributed by atoms with van der Waals surface area (Å²) in [6.45, 7) is 2.77. The Morgan fingerprint density at radius 2 is 1.95 bits per heavy atom. The number of hydrogen-bond acceptors (Lipinski definition) is 5. The van der Waals surface area contributed by atoms with Crippen LogP contribution in [0, 0.1) is 0 Å². The van der Waals surface area contributed by atoms with Gasteiger partial charge < -0.3 is 25.9 Å². The Bertz CT molecular complexity index is 451. The monoisotopic (exact) mass is 299 g/mol. The fraction of sp³-hybridized carbons (Fsp3) is 0.692. The van der Waals surface area contributed by atoms with Crippen molar-refractivity contribution in [3.63, 3.8) is 0 Å². The van der Waals surface area contributed by atoms with Gasteiger partial charge in [-0.05, 0) is 13.3 Å². The van der Waals surface area contributed by atoms with Gasteiger partial charge in [0, 0.05) is 26.3 Å². The number of likely N-dealkylation sites (tertiary alicyclic amines) is 1. The molecule has 1 aliphatic rings. The minimum absolute atomic E-state index is 0.0854. The molecule has 1 rings (SSSR count). The molecule has 0 aromatic heterocycles. The zero-order valence-electron chi connectivity index (χ0n) is 12.2. The quantitative estimate of drug-likeness (QED) is 0.538. The number of aliphatic hydroxyl groups excluding tert-OH is 1. The Morgan fingerprint density at radius 1 is 1.33 bits per heavy atom. The van der Waals surface area contributed by atoms with Crippen molar-refractivity contribution in [2.75, 3.05) is 6.54 Å². The van der Waals surface area contributed by atoms with E-state index in [1.807, 2.05) is 0 Å². The number of rotatable bonds is 6. The number of primary amides is 1. The van der Waals surface area contributed by atoms with Crippen molar-refractivity contribution in [3.8, 4) is 0 Å². The van der Waals surface area contributed by atoms with Gasteiger partial charge in [0.25, 0.3) is 0 Å². The van der Waals surface area contributed by atoms with Gasteiger partial charge in [0.1, 0.15) is 17.9 Å². The summed E-state index contributed by atoms with van der Waals surface area (Å²) < 4.78 is 0. The summed E-state index contributed by atoms with van der Waals surface area (Å²) in [6, 6.07) is -1.79. The van der Waals surface area contributed by atoms with Crippen LogP contribution in [0.1, 0.15) is 33.1 Å². The minimum Gasteiger partial charge on any atom is -0.391 e. The lowest BCUT2D eigenvalue weighted by atomic mass is 10.1. The largest absolute Gasteiger partial charge is 0.391 e. The zero-order chi connectivity index (χ0) is 16.2. The molecule has 1 fully saturated rings. The third-order valence-corrected chi connectivity index (χ3v) is 3.43. The average Bonchev–Trinajstić information content (AvgIpc) is 2.76. The van der Waals surface area contributed by atoms with E-state index in [4.69, 9.17) is 5.73 Å². The average molecular weight is 299 g/mol. The minimum atomic E-state index is -0.965. The van der Waals surface area contributed by atoms with Crippen LogP contribution in [0.15, 0.2) is 0 Å². The van der Waals surface area contributed by atoms with E-state index in [9.17, 15) is 24.3 Å². The van der Waals surface area contributed by atoms with Crippen LogP contribution < -0.4 is 11.1 Å². The van der Waals surface area contributed by atoms with Gasteiger partial charge in [-0.15, -0.1) is 0 Å². The second-order valence-corrected chi connectivity index (χ2v) is 5.28. The molecule has 0 spiro atoms. The van der Waals surface area contributed by atoms with Crippen LogP contribution in [0.2, 0.25) is 0 Å². The lowest BCUT2D eigenvalue weighted by molar-refractivity contribution is -0.138. The van der Waals surface area contributed by atoms with Crippen LogP contribution in [-0.4, -0.2) is 58.2 Å². The second-order valence-electron chi connectivity index (χ2n) is 5.28. The first-order valence-corrected chi connectivity index (χ1v) is 6.76. The number of aliphatic hydroxyl groups is 1. The fourth-order valence-corrected chi connectivity index (χ4v) is 2.31. The second kappa shape index (κ2) is 7.16. The Hall–Kier alpha value is -1.96. The summed E-state index contributed by atoms with van der Waals surface area (Å²) in [5.74, 6) is -1.73. The van der Waals surface area contributed by atoms with Gasteiger partial charge in [-0.2, -0.15) is 0 Å². The summed E-state index contributed by atoms with van der Waals surface area (Å²) in [6.07, 6.45) is -0.415. The number of β-amino-alcohol motifs (C(OH)–C–C–N with tert-alkyl or cyclic N) is 1. The molecule has 8 nitrogen and oxygen atoms in total. The van der Waals surface area contributed by atoms with Crippen molar-refractivity contribution >= 4 is 23.5 Å². The first-order chi connectivity index (χ1) is 9.72. The molecular formula is C13H21N3O5. The number of hydrogen-bond donors (Lipinski definition) is 3. The van der Waals surface area contributed by atoms with E-state index in [-0.39, 0.29) is 37.5 Å². The predicted molar refractivity (Wildman–Crippen MR) is 72.8 cm³/mol. The number of carbonyl (C=O) groups excluding carboxylic acids is 4. The maximum atomic E-state index is 12.2. The molecule has 3 atom stereocenters. The first-order valence-electron chi connectivity index (χ1n) is 6.76. The highest BCUT2D eigenvalue weighted by molar-refractivity contribution is 5.92. The van der Waals surface area contributed by atoms with E-state index >= 15 is 0 Å². The molecule has 0 aromatic carbocycles. The molecule has 0 bridgehead atoms. The van der Waals surface area contributed by atoms with E-state index in [0.29, 0.717) is 0 Å². The van der Waals surface area contributed by atoms with Gasteiger partial charge in [-0.3, -0.25) is 14.4 Å². The third kappa shape index (κ3) is 4.82. The van der Waals surface area contributed by atoms with Crippen molar-refractivity contribution in [1.29, 1.82) is 0 Å². The Morgan fingerprint density at radius 3 is 2.43 bits per heavy atom. The van der Waals surface area contributed by atoms with Crippen molar-refractivity contribution in [3.05, 3.63) is 0 Å². The molecule has 0 aromatic rings. The first kappa shape index (κ1) is 17.1. The van der Waals surface area contributed by atoms with Crippen LogP contribution >= 0.6 is 0 Å².